The highest BCUT2D eigenvalue weighted by molar-refractivity contribution is 8.01. The summed E-state index contributed by atoms with van der Waals surface area (Å²) in [6.07, 6.45) is 4.48. The Morgan fingerprint density at radius 2 is 1.96 bits per heavy atom. The van der Waals surface area contributed by atoms with E-state index in [0.717, 1.165) is 26.7 Å². The van der Waals surface area contributed by atoms with Gasteiger partial charge in [-0.1, -0.05) is 36.0 Å². The number of thiazole rings is 1. The summed E-state index contributed by atoms with van der Waals surface area (Å²) in [5, 5.41) is 7.19. The highest BCUT2D eigenvalue weighted by Crippen LogP contribution is 2.28. The van der Waals surface area contributed by atoms with Crippen molar-refractivity contribution < 1.29 is 4.79 Å². The third-order valence-corrected chi connectivity index (χ3v) is 6.22. The van der Waals surface area contributed by atoms with Gasteiger partial charge in [0.2, 0.25) is 5.91 Å². The molecule has 0 atom stereocenters. The van der Waals surface area contributed by atoms with Crippen LogP contribution < -0.4 is 5.32 Å². The fourth-order valence-electron chi connectivity index (χ4n) is 2.67. The molecule has 2 aromatic heterocycles. The molecule has 0 fully saturated rings. The molecule has 2 aromatic carbocycles. The zero-order valence-corrected chi connectivity index (χ0v) is 16.2. The molecule has 0 bridgehead atoms. The molecule has 0 aliphatic heterocycles. The lowest BCUT2D eigenvalue weighted by molar-refractivity contribution is -0.118. The molecule has 4 rings (SSSR count). The molecule has 4 aromatic rings. The second-order valence-electron chi connectivity index (χ2n) is 5.95. The first-order valence-electron chi connectivity index (χ1n) is 8.62. The van der Waals surface area contributed by atoms with Gasteiger partial charge in [0, 0.05) is 18.9 Å². The molecule has 1 amide bonds. The van der Waals surface area contributed by atoms with E-state index >= 15 is 0 Å². The molecule has 0 aliphatic rings. The molecule has 136 valence electrons. The quantitative estimate of drug-likeness (QED) is 0.483. The lowest BCUT2D eigenvalue weighted by atomic mass is 10.1. The zero-order chi connectivity index (χ0) is 18.5. The van der Waals surface area contributed by atoms with Crippen LogP contribution >= 0.6 is 23.1 Å². The Balaban J connectivity index is 1.22. The number of hydrogen-bond acceptors (Lipinski definition) is 5. The second kappa shape index (κ2) is 8.37. The van der Waals surface area contributed by atoms with E-state index in [4.69, 9.17) is 0 Å². The number of amides is 1. The van der Waals surface area contributed by atoms with Crippen LogP contribution in [-0.2, 0) is 11.2 Å². The summed E-state index contributed by atoms with van der Waals surface area (Å²) in [6, 6.07) is 18.1. The summed E-state index contributed by atoms with van der Waals surface area (Å²) in [5.74, 6) is 0.422. The fraction of sp³-hybridized carbons (Fsp3) is 0.150. The fourth-order valence-corrected chi connectivity index (χ4v) is 4.57. The van der Waals surface area contributed by atoms with Crippen molar-refractivity contribution >= 4 is 39.2 Å². The normalized spacial score (nSPS) is 11.0. The molecule has 1 N–H and O–H groups in total. The highest BCUT2D eigenvalue weighted by Gasteiger charge is 2.07. The van der Waals surface area contributed by atoms with Gasteiger partial charge in [0.05, 0.1) is 21.7 Å². The Morgan fingerprint density at radius 3 is 2.74 bits per heavy atom. The second-order valence-corrected chi connectivity index (χ2v) is 8.21. The Kier molecular flexibility index (Phi) is 5.50. The summed E-state index contributed by atoms with van der Waals surface area (Å²) in [7, 11) is 0. The molecule has 0 saturated heterocycles. The topological polar surface area (TPSA) is 59.8 Å². The summed E-state index contributed by atoms with van der Waals surface area (Å²) in [6.45, 7) is 0.625. The Morgan fingerprint density at radius 1 is 1.11 bits per heavy atom. The van der Waals surface area contributed by atoms with Crippen LogP contribution in [0.4, 0.5) is 0 Å². The lowest BCUT2D eigenvalue weighted by Crippen LogP contribution is -2.27. The SMILES string of the molecule is O=C(CSc1nc2ccccc2s1)NCCc1ccc(-n2cccn2)cc1. The van der Waals surface area contributed by atoms with Crippen LogP contribution in [-0.4, -0.2) is 33.0 Å². The standard InChI is InChI=1S/C20H18N4OS2/c25-19(14-26-20-23-17-4-1-2-5-18(17)27-20)21-12-10-15-6-8-16(9-7-15)24-13-3-11-22-24/h1-9,11,13H,10,12,14H2,(H,21,25). The van der Waals surface area contributed by atoms with E-state index in [1.807, 2.05) is 47.3 Å². The van der Waals surface area contributed by atoms with Crippen LogP contribution in [0.15, 0.2) is 71.3 Å². The van der Waals surface area contributed by atoms with Gasteiger partial charge in [-0.15, -0.1) is 11.3 Å². The third kappa shape index (κ3) is 4.56. The van der Waals surface area contributed by atoms with Gasteiger partial charge in [-0.05, 0) is 42.3 Å². The van der Waals surface area contributed by atoms with Gasteiger partial charge in [-0.3, -0.25) is 4.79 Å². The van der Waals surface area contributed by atoms with Crippen LogP contribution in [0.1, 0.15) is 5.56 Å². The number of nitrogens with zero attached hydrogens (tertiary/aromatic N) is 3. The molecule has 7 heteroatoms. The largest absolute Gasteiger partial charge is 0.355 e. The van der Waals surface area contributed by atoms with Gasteiger partial charge >= 0.3 is 0 Å². The van der Waals surface area contributed by atoms with E-state index in [1.54, 1.807) is 17.5 Å². The lowest BCUT2D eigenvalue weighted by Gasteiger charge is -2.06. The minimum atomic E-state index is 0.0346. The number of aromatic nitrogens is 3. The minimum absolute atomic E-state index is 0.0346. The van der Waals surface area contributed by atoms with Crippen molar-refractivity contribution in [2.75, 3.05) is 12.3 Å². The van der Waals surface area contributed by atoms with Gasteiger partial charge in [0.15, 0.2) is 4.34 Å². The van der Waals surface area contributed by atoms with Crippen LogP contribution in [0.2, 0.25) is 0 Å². The number of hydrogen-bond donors (Lipinski definition) is 1. The van der Waals surface area contributed by atoms with Crippen molar-refractivity contribution in [2.45, 2.75) is 10.8 Å². The van der Waals surface area contributed by atoms with Crippen LogP contribution in [0.3, 0.4) is 0 Å². The predicted octanol–water partition coefficient (Wildman–Crippen LogP) is 3.93. The first kappa shape index (κ1) is 17.8. The first-order chi connectivity index (χ1) is 13.3. The summed E-state index contributed by atoms with van der Waals surface area (Å²) >= 11 is 3.11. The number of para-hydroxylation sites is 1. The van der Waals surface area contributed by atoms with Crippen LogP contribution in [0.25, 0.3) is 15.9 Å². The van der Waals surface area contributed by atoms with E-state index in [0.29, 0.717) is 12.3 Å². The van der Waals surface area contributed by atoms with Crippen molar-refractivity contribution in [1.82, 2.24) is 20.1 Å². The Hall–Kier alpha value is -2.64. The summed E-state index contributed by atoms with van der Waals surface area (Å²) in [5.41, 5.74) is 3.20. The van der Waals surface area contributed by atoms with Crippen molar-refractivity contribution in [3.8, 4) is 5.69 Å². The Labute approximate surface area is 165 Å². The van der Waals surface area contributed by atoms with Gasteiger partial charge in [0.25, 0.3) is 0 Å². The predicted molar refractivity (Wildman–Crippen MR) is 111 cm³/mol. The summed E-state index contributed by atoms with van der Waals surface area (Å²) in [4.78, 5) is 16.6. The van der Waals surface area contributed by atoms with E-state index < -0.39 is 0 Å². The number of benzene rings is 2. The number of nitrogens with one attached hydrogen (secondary N) is 1. The summed E-state index contributed by atoms with van der Waals surface area (Å²) < 4.78 is 3.91. The monoisotopic (exact) mass is 394 g/mol. The average molecular weight is 395 g/mol. The van der Waals surface area contributed by atoms with Crippen molar-refractivity contribution in [1.29, 1.82) is 0 Å². The Bertz CT molecular complexity index is 993. The first-order valence-corrected chi connectivity index (χ1v) is 10.4. The van der Waals surface area contributed by atoms with Gasteiger partial charge in [0.1, 0.15) is 0 Å². The molecule has 0 unspecified atom stereocenters. The van der Waals surface area contributed by atoms with Gasteiger partial charge in [-0.2, -0.15) is 5.10 Å². The smallest absolute Gasteiger partial charge is 0.230 e. The maximum atomic E-state index is 12.1. The van der Waals surface area contributed by atoms with Crippen molar-refractivity contribution in [3.63, 3.8) is 0 Å². The van der Waals surface area contributed by atoms with Crippen LogP contribution in [0, 0.1) is 0 Å². The molecule has 0 aliphatic carbocycles. The molecular weight excluding hydrogens is 376 g/mol. The van der Waals surface area contributed by atoms with E-state index in [-0.39, 0.29) is 5.91 Å². The molecular formula is C20H18N4OS2. The maximum absolute atomic E-state index is 12.1. The number of rotatable bonds is 7. The van der Waals surface area contributed by atoms with Gasteiger partial charge in [-0.25, -0.2) is 9.67 Å². The van der Waals surface area contributed by atoms with E-state index in [2.05, 4.69) is 33.6 Å². The molecule has 0 radical (unpaired) electrons. The molecule has 0 spiro atoms. The number of carbonyl (C=O) groups excluding carboxylic acids is 1. The maximum Gasteiger partial charge on any atom is 0.230 e. The highest BCUT2D eigenvalue weighted by atomic mass is 32.2. The van der Waals surface area contributed by atoms with Gasteiger partial charge < -0.3 is 5.32 Å². The molecule has 5 nitrogen and oxygen atoms in total. The third-order valence-electron chi connectivity index (χ3n) is 4.04. The molecule has 27 heavy (non-hydrogen) atoms. The molecule has 2 heterocycles. The number of fused-ring (bicyclic) bond motifs is 1. The van der Waals surface area contributed by atoms with Crippen molar-refractivity contribution in [3.05, 3.63) is 72.6 Å². The van der Waals surface area contributed by atoms with Crippen molar-refractivity contribution in [2.24, 2.45) is 0 Å². The van der Waals surface area contributed by atoms with E-state index in [9.17, 15) is 4.79 Å². The number of carbonyl (C=O) groups is 1. The van der Waals surface area contributed by atoms with E-state index in [1.165, 1.54) is 17.3 Å². The zero-order valence-electron chi connectivity index (χ0n) is 14.5. The van der Waals surface area contributed by atoms with Crippen LogP contribution in [0.5, 0.6) is 0 Å². The number of thioether (sulfide) groups is 1. The average Bonchev–Trinajstić information content (AvgIpc) is 3.36. The molecule has 0 saturated carbocycles. The minimum Gasteiger partial charge on any atom is -0.355 e.